The molecule has 2 fully saturated rings. The van der Waals surface area contributed by atoms with E-state index >= 15 is 0 Å². The SMILES string of the molecule is O=C([O-])C1CCCCCCCOCCC12CCCCC2. The molecule has 1 atom stereocenters. The summed E-state index contributed by atoms with van der Waals surface area (Å²) in [6.07, 6.45) is 13.2. The van der Waals surface area contributed by atoms with Crippen LogP contribution >= 0.6 is 0 Å². The second-order valence-corrected chi connectivity index (χ2v) is 6.71. The van der Waals surface area contributed by atoms with E-state index in [-0.39, 0.29) is 11.3 Å². The Morgan fingerprint density at radius 2 is 1.50 bits per heavy atom. The third kappa shape index (κ3) is 4.21. The van der Waals surface area contributed by atoms with E-state index in [1.165, 1.54) is 32.1 Å². The minimum Gasteiger partial charge on any atom is -0.550 e. The van der Waals surface area contributed by atoms with Crippen molar-refractivity contribution in [1.82, 2.24) is 0 Å². The standard InChI is InChI=1S/C17H30O3/c18-16(19)15-9-5-2-1-3-8-13-20-14-12-17(15)10-6-4-7-11-17/h15H,1-14H2,(H,18,19)/p-1. The van der Waals surface area contributed by atoms with E-state index < -0.39 is 5.97 Å². The first-order valence-electron chi connectivity index (χ1n) is 8.53. The molecular weight excluding hydrogens is 252 g/mol. The predicted octanol–water partition coefficient (Wildman–Crippen LogP) is 3.06. The molecule has 3 nitrogen and oxygen atoms in total. The quantitative estimate of drug-likeness (QED) is 0.742. The van der Waals surface area contributed by atoms with Crippen LogP contribution in [0.2, 0.25) is 0 Å². The average Bonchev–Trinajstić information content (AvgIpc) is 2.43. The number of hydrogen-bond donors (Lipinski definition) is 0. The maximum absolute atomic E-state index is 11.7. The molecule has 0 bridgehead atoms. The van der Waals surface area contributed by atoms with Gasteiger partial charge in [-0.1, -0.05) is 44.9 Å². The first-order chi connectivity index (χ1) is 9.75. The lowest BCUT2D eigenvalue weighted by Crippen LogP contribution is -2.45. The molecular formula is C17H29O3-. The first-order valence-corrected chi connectivity index (χ1v) is 8.53. The molecule has 0 N–H and O–H groups in total. The molecule has 0 aromatic heterocycles. The molecule has 1 unspecified atom stereocenters. The van der Waals surface area contributed by atoms with Crippen molar-refractivity contribution < 1.29 is 14.6 Å². The summed E-state index contributed by atoms with van der Waals surface area (Å²) in [6, 6.07) is 0. The fourth-order valence-corrected chi connectivity index (χ4v) is 4.16. The summed E-state index contributed by atoms with van der Waals surface area (Å²) in [5.41, 5.74) is -0.0454. The topological polar surface area (TPSA) is 49.4 Å². The molecule has 2 rings (SSSR count). The summed E-state index contributed by atoms with van der Waals surface area (Å²) in [7, 11) is 0. The van der Waals surface area contributed by atoms with E-state index in [2.05, 4.69) is 0 Å². The van der Waals surface area contributed by atoms with Gasteiger partial charge in [0.15, 0.2) is 0 Å². The lowest BCUT2D eigenvalue weighted by molar-refractivity contribution is -0.317. The molecule has 1 saturated heterocycles. The minimum absolute atomic E-state index is 0.0454. The van der Waals surface area contributed by atoms with Crippen molar-refractivity contribution in [2.75, 3.05) is 13.2 Å². The highest BCUT2D eigenvalue weighted by Crippen LogP contribution is 2.47. The molecule has 0 radical (unpaired) electrons. The van der Waals surface area contributed by atoms with E-state index in [0.29, 0.717) is 0 Å². The zero-order valence-corrected chi connectivity index (χ0v) is 12.7. The van der Waals surface area contributed by atoms with Gasteiger partial charge < -0.3 is 14.6 Å². The highest BCUT2D eigenvalue weighted by atomic mass is 16.5. The van der Waals surface area contributed by atoms with Gasteiger partial charge >= 0.3 is 0 Å². The van der Waals surface area contributed by atoms with Crippen LogP contribution in [0.4, 0.5) is 0 Å². The van der Waals surface area contributed by atoms with Gasteiger partial charge in [0, 0.05) is 25.1 Å². The number of hydrogen-bond acceptors (Lipinski definition) is 3. The fourth-order valence-electron chi connectivity index (χ4n) is 4.16. The molecule has 1 aliphatic carbocycles. The molecule has 20 heavy (non-hydrogen) atoms. The number of ether oxygens (including phenoxy) is 1. The normalized spacial score (nSPS) is 29.3. The third-order valence-electron chi connectivity index (χ3n) is 5.40. The van der Waals surface area contributed by atoms with Gasteiger partial charge in [0.1, 0.15) is 0 Å². The monoisotopic (exact) mass is 281 g/mol. The smallest absolute Gasteiger partial charge is 0.0471 e. The fraction of sp³-hybridized carbons (Fsp3) is 0.941. The number of rotatable bonds is 1. The number of carbonyl (C=O) groups is 1. The summed E-state index contributed by atoms with van der Waals surface area (Å²) in [5, 5.41) is 11.7. The van der Waals surface area contributed by atoms with E-state index in [9.17, 15) is 9.90 Å². The van der Waals surface area contributed by atoms with Gasteiger partial charge in [0.05, 0.1) is 0 Å². The Morgan fingerprint density at radius 1 is 0.850 bits per heavy atom. The number of aliphatic carboxylic acids is 1. The van der Waals surface area contributed by atoms with E-state index in [1.807, 2.05) is 0 Å². The molecule has 0 aromatic carbocycles. The zero-order chi connectivity index (χ0) is 14.3. The van der Waals surface area contributed by atoms with E-state index in [4.69, 9.17) is 4.74 Å². The van der Waals surface area contributed by atoms with Crippen molar-refractivity contribution in [3.63, 3.8) is 0 Å². The lowest BCUT2D eigenvalue weighted by atomic mass is 9.62. The molecule has 116 valence electrons. The zero-order valence-electron chi connectivity index (χ0n) is 12.7. The van der Waals surface area contributed by atoms with Gasteiger partial charge in [-0.25, -0.2) is 0 Å². The van der Waals surface area contributed by atoms with Gasteiger partial charge in [-0.15, -0.1) is 0 Å². The van der Waals surface area contributed by atoms with Crippen molar-refractivity contribution in [2.24, 2.45) is 11.3 Å². The van der Waals surface area contributed by atoms with Crippen LogP contribution in [0.3, 0.4) is 0 Å². The molecule has 1 saturated carbocycles. The van der Waals surface area contributed by atoms with Gasteiger partial charge in [-0.05, 0) is 37.5 Å². The predicted molar refractivity (Wildman–Crippen MR) is 77.2 cm³/mol. The molecule has 3 heteroatoms. The second-order valence-electron chi connectivity index (χ2n) is 6.71. The molecule has 0 aromatic rings. The van der Waals surface area contributed by atoms with Crippen molar-refractivity contribution >= 4 is 5.97 Å². The van der Waals surface area contributed by atoms with E-state index in [1.54, 1.807) is 0 Å². The van der Waals surface area contributed by atoms with Crippen LogP contribution in [0, 0.1) is 11.3 Å². The largest absolute Gasteiger partial charge is 0.550 e. The third-order valence-corrected chi connectivity index (χ3v) is 5.40. The number of carboxylic acid groups (broad SMARTS) is 1. The van der Waals surface area contributed by atoms with Gasteiger partial charge in [-0.2, -0.15) is 0 Å². The molecule has 1 spiro atoms. The Bertz CT molecular complexity index is 295. The summed E-state index contributed by atoms with van der Waals surface area (Å²) in [6.45, 7) is 1.57. The van der Waals surface area contributed by atoms with Crippen LogP contribution < -0.4 is 5.11 Å². The average molecular weight is 281 g/mol. The van der Waals surface area contributed by atoms with Crippen LogP contribution in [0.1, 0.15) is 77.0 Å². The van der Waals surface area contributed by atoms with Crippen LogP contribution in [0.25, 0.3) is 0 Å². The molecule has 0 amide bonds. The summed E-state index contributed by atoms with van der Waals surface area (Å²) in [5.74, 6) is -1.07. The Kier molecular flexibility index (Phi) is 6.34. The van der Waals surface area contributed by atoms with Gasteiger partial charge in [-0.3, -0.25) is 0 Å². The lowest BCUT2D eigenvalue weighted by Gasteiger charge is -2.44. The minimum atomic E-state index is -0.816. The molecule has 1 heterocycles. The van der Waals surface area contributed by atoms with Crippen LogP contribution in [0.15, 0.2) is 0 Å². The highest BCUT2D eigenvalue weighted by molar-refractivity contribution is 5.68. The molecule has 2 aliphatic rings. The first kappa shape index (κ1) is 15.8. The van der Waals surface area contributed by atoms with Crippen molar-refractivity contribution in [2.45, 2.75) is 77.0 Å². The number of carbonyl (C=O) groups excluding carboxylic acids is 1. The van der Waals surface area contributed by atoms with Crippen LogP contribution in [-0.4, -0.2) is 19.2 Å². The molecule has 1 aliphatic heterocycles. The van der Waals surface area contributed by atoms with E-state index in [0.717, 1.165) is 58.2 Å². The maximum Gasteiger partial charge on any atom is 0.0471 e. The summed E-state index contributed by atoms with van der Waals surface area (Å²) in [4.78, 5) is 11.7. The summed E-state index contributed by atoms with van der Waals surface area (Å²) < 4.78 is 5.75. The number of carboxylic acids is 1. The highest BCUT2D eigenvalue weighted by Gasteiger charge is 2.39. The Morgan fingerprint density at radius 3 is 2.25 bits per heavy atom. The second kappa shape index (κ2) is 8.02. The van der Waals surface area contributed by atoms with Crippen molar-refractivity contribution in [3.8, 4) is 0 Å². The summed E-state index contributed by atoms with van der Waals surface area (Å²) >= 11 is 0. The Labute approximate surface area is 123 Å². The van der Waals surface area contributed by atoms with Crippen LogP contribution in [0.5, 0.6) is 0 Å². The maximum atomic E-state index is 11.7. The van der Waals surface area contributed by atoms with Crippen molar-refractivity contribution in [1.29, 1.82) is 0 Å². The van der Waals surface area contributed by atoms with Gasteiger partial charge in [0.2, 0.25) is 0 Å². The van der Waals surface area contributed by atoms with Gasteiger partial charge in [0.25, 0.3) is 0 Å². The van der Waals surface area contributed by atoms with Crippen LogP contribution in [-0.2, 0) is 9.53 Å². The Balaban J connectivity index is 2.07. The Hall–Kier alpha value is -0.570. The van der Waals surface area contributed by atoms with Crippen molar-refractivity contribution in [3.05, 3.63) is 0 Å².